The summed E-state index contributed by atoms with van der Waals surface area (Å²) in [4.78, 5) is 28.0. The molecule has 1 aromatic carbocycles. The second-order valence-corrected chi connectivity index (χ2v) is 4.87. The number of rotatable bonds is 4. The van der Waals surface area contributed by atoms with Crippen LogP contribution in [0, 0.1) is 6.92 Å². The Bertz CT molecular complexity index is 637. The monoisotopic (exact) mass is 290 g/mol. The van der Waals surface area contributed by atoms with Crippen LogP contribution in [0.15, 0.2) is 29.6 Å². The van der Waals surface area contributed by atoms with Crippen molar-refractivity contribution in [2.24, 2.45) is 0 Å². The number of amides is 1. The van der Waals surface area contributed by atoms with Crippen molar-refractivity contribution in [3.63, 3.8) is 0 Å². The second kappa shape index (κ2) is 6.29. The molecule has 0 bridgehead atoms. The van der Waals surface area contributed by atoms with Gasteiger partial charge in [0.05, 0.1) is 17.9 Å². The number of carbonyl (C=O) groups is 2. The highest BCUT2D eigenvalue weighted by molar-refractivity contribution is 7.11. The number of nitrogens with one attached hydrogen (secondary N) is 1. The Balaban J connectivity index is 2.21. The van der Waals surface area contributed by atoms with Crippen molar-refractivity contribution >= 4 is 28.9 Å². The average Bonchev–Trinajstić information content (AvgIpc) is 2.86. The van der Waals surface area contributed by atoms with Gasteiger partial charge in [0.2, 0.25) is 0 Å². The average molecular weight is 290 g/mol. The Hall–Kier alpha value is -2.21. The van der Waals surface area contributed by atoms with Crippen LogP contribution in [0.4, 0.5) is 5.69 Å². The molecule has 0 aliphatic rings. The fourth-order valence-corrected chi connectivity index (χ4v) is 2.30. The molecule has 1 aromatic heterocycles. The van der Waals surface area contributed by atoms with E-state index in [-0.39, 0.29) is 12.5 Å². The molecule has 0 radical (unpaired) electrons. The minimum atomic E-state index is -0.460. The van der Waals surface area contributed by atoms with Crippen LogP contribution in [0.2, 0.25) is 0 Å². The lowest BCUT2D eigenvalue weighted by Gasteiger charge is -2.09. The molecule has 0 saturated heterocycles. The summed E-state index contributed by atoms with van der Waals surface area (Å²) in [5.41, 5.74) is 1.54. The maximum atomic E-state index is 12.0. The van der Waals surface area contributed by atoms with E-state index in [4.69, 9.17) is 4.74 Å². The van der Waals surface area contributed by atoms with Crippen molar-refractivity contribution < 1.29 is 14.3 Å². The van der Waals surface area contributed by atoms with Gasteiger partial charge in [0.1, 0.15) is 0 Å². The molecule has 2 aromatic rings. The van der Waals surface area contributed by atoms with Gasteiger partial charge in [-0.2, -0.15) is 0 Å². The number of benzene rings is 1. The Morgan fingerprint density at radius 3 is 2.75 bits per heavy atom. The maximum Gasteiger partial charge on any atom is 0.340 e. The standard InChI is InChI=1S/C14H14N2O3S/c1-3-19-14(18)10-6-4-5-7-11(10)16-12(17)13-15-9(2)8-20-13/h4-8H,3H2,1-2H3,(H,16,17). The number of hydrogen-bond donors (Lipinski definition) is 1. The van der Waals surface area contributed by atoms with Gasteiger partial charge in [-0.05, 0) is 26.0 Å². The number of para-hydroxylation sites is 1. The number of esters is 1. The first-order valence-electron chi connectivity index (χ1n) is 6.11. The molecule has 0 fully saturated rings. The largest absolute Gasteiger partial charge is 0.462 e. The van der Waals surface area contributed by atoms with Gasteiger partial charge in [-0.25, -0.2) is 9.78 Å². The Morgan fingerprint density at radius 2 is 2.10 bits per heavy atom. The summed E-state index contributed by atoms with van der Waals surface area (Å²) < 4.78 is 4.96. The Kier molecular flexibility index (Phi) is 4.47. The second-order valence-electron chi connectivity index (χ2n) is 4.01. The fraction of sp³-hybridized carbons (Fsp3) is 0.214. The summed E-state index contributed by atoms with van der Waals surface area (Å²) in [6, 6.07) is 6.73. The minimum absolute atomic E-state index is 0.285. The fourth-order valence-electron chi connectivity index (χ4n) is 1.61. The molecule has 5 nitrogen and oxygen atoms in total. The van der Waals surface area contributed by atoms with Crippen LogP contribution in [0.5, 0.6) is 0 Å². The lowest BCUT2D eigenvalue weighted by Crippen LogP contribution is -2.15. The molecule has 0 spiro atoms. The summed E-state index contributed by atoms with van der Waals surface area (Å²) in [5, 5.41) is 4.85. The van der Waals surface area contributed by atoms with Crippen molar-refractivity contribution in [2.45, 2.75) is 13.8 Å². The molecule has 6 heteroatoms. The Labute approximate surface area is 120 Å². The lowest BCUT2D eigenvalue weighted by molar-refractivity contribution is 0.0527. The van der Waals surface area contributed by atoms with E-state index in [2.05, 4.69) is 10.3 Å². The third-order valence-electron chi connectivity index (χ3n) is 2.48. The van der Waals surface area contributed by atoms with Crippen LogP contribution in [-0.4, -0.2) is 23.5 Å². The highest BCUT2D eigenvalue weighted by atomic mass is 32.1. The maximum absolute atomic E-state index is 12.0. The number of carbonyl (C=O) groups excluding carboxylic acids is 2. The van der Waals surface area contributed by atoms with Crippen molar-refractivity contribution in [2.75, 3.05) is 11.9 Å². The van der Waals surface area contributed by atoms with Crippen molar-refractivity contribution in [1.82, 2.24) is 4.98 Å². The summed E-state index contributed by atoms with van der Waals surface area (Å²) in [6.07, 6.45) is 0. The zero-order valence-corrected chi connectivity index (χ0v) is 12.0. The van der Waals surface area contributed by atoms with E-state index in [1.165, 1.54) is 11.3 Å². The molecule has 1 N–H and O–H groups in total. The van der Waals surface area contributed by atoms with Gasteiger partial charge < -0.3 is 10.1 Å². The number of nitrogens with zero attached hydrogens (tertiary/aromatic N) is 1. The lowest BCUT2D eigenvalue weighted by atomic mass is 10.2. The predicted molar refractivity (Wildman–Crippen MR) is 77.2 cm³/mol. The first-order valence-corrected chi connectivity index (χ1v) is 6.99. The molecule has 1 heterocycles. The van der Waals surface area contributed by atoms with Crippen LogP contribution in [0.1, 0.15) is 32.8 Å². The molecule has 0 atom stereocenters. The topological polar surface area (TPSA) is 68.3 Å². The van der Waals surface area contributed by atoms with Gasteiger partial charge in [0, 0.05) is 11.1 Å². The zero-order valence-electron chi connectivity index (χ0n) is 11.2. The Morgan fingerprint density at radius 1 is 1.35 bits per heavy atom. The first-order chi connectivity index (χ1) is 9.61. The minimum Gasteiger partial charge on any atom is -0.462 e. The number of aromatic nitrogens is 1. The molecule has 0 unspecified atom stereocenters. The molecule has 104 valence electrons. The summed E-state index contributed by atoms with van der Waals surface area (Å²) in [6.45, 7) is 3.84. The van der Waals surface area contributed by atoms with Crippen molar-refractivity contribution in [3.8, 4) is 0 Å². The number of ether oxygens (including phenoxy) is 1. The van der Waals surface area contributed by atoms with E-state index >= 15 is 0 Å². The molecule has 0 aliphatic carbocycles. The first kappa shape index (κ1) is 14.2. The smallest absolute Gasteiger partial charge is 0.340 e. The van der Waals surface area contributed by atoms with Crippen LogP contribution in [-0.2, 0) is 4.74 Å². The zero-order chi connectivity index (χ0) is 14.5. The SMILES string of the molecule is CCOC(=O)c1ccccc1NC(=O)c1nc(C)cs1. The number of anilines is 1. The molecule has 0 saturated carbocycles. The summed E-state index contributed by atoms with van der Waals surface area (Å²) >= 11 is 1.26. The summed E-state index contributed by atoms with van der Waals surface area (Å²) in [5.74, 6) is -0.793. The molecule has 2 rings (SSSR count). The molecule has 20 heavy (non-hydrogen) atoms. The van der Waals surface area contributed by atoms with Crippen molar-refractivity contribution in [1.29, 1.82) is 0 Å². The van der Waals surface area contributed by atoms with E-state index in [9.17, 15) is 9.59 Å². The van der Waals surface area contributed by atoms with E-state index in [1.54, 1.807) is 36.6 Å². The third kappa shape index (κ3) is 3.21. The quantitative estimate of drug-likeness (QED) is 0.879. The van der Waals surface area contributed by atoms with Crippen LogP contribution in [0.3, 0.4) is 0 Å². The van der Waals surface area contributed by atoms with E-state index in [0.29, 0.717) is 16.3 Å². The van der Waals surface area contributed by atoms with E-state index < -0.39 is 5.97 Å². The number of aryl methyl sites for hydroxylation is 1. The van der Waals surface area contributed by atoms with Gasteiger partial charge in [-0.3, -0.25) is 4.79 Å². The predicted octanol–water partition coefficient (Wildman–Crippen LogP) is 2.88. The van der Waals surface area contributed by atoms with Gasteiger partial charge >= 0.3 is 5.97 Å². The van der Waals surface area contributed by atoms with Gasteiger partial charge in [0.25, 0.3) is 5.91 Å². The van der Waals surface area contributed by atoms with Crippen LogP contribution >= 0.6 is 11.3 Å². The highest BCUT2D eigenvalue weighted by Gasteiger charge is 2.16. The molecular weight excluding hydrogens is 276 g/mol. The molecular formula is C14H14N2O3S. The normalized spacial score (nSPS) is 10.1. The van der Waals surface area contributed by atoms with Gasteiger partial charge in [0.15, 0.2) is 5.01 Å². The number of thiazole rings is 1. The molecule has 1 amide bonds. The summed E-state index contributed by atoms with van der Waals surface area (Å²) in [7, 11) is 0. The van der Waals surface area contributed by atoms with Crippen LogP contribution in [0.25, 0.3) is 0 Å². The number of hydrogen-bond acceptors (Lipinski definition) is 5. The van der Waals surface area contributed by atoms with Gasteiger partial charge in [-0.15, -0.1) is 11.3 Å². The molecule has 0 aliphatic heterocycles. The highest BCUT2D eigenvalue weighted by Crippen LogP contribution is 2.18. The third-order valence-corrected chi connectivity index (χ3v) is 3.44. The van der Waals surface area contributed by atoms with Gasteiger partial charge in [-0.1, -0.05) is 12.1 Å². The van der Waals surface area contributed by atoms with Crippen molar-refractivity contribution in [3.05, 3.63) is 45.9 Å². The van der Waals surface area contributed by atoms with E-state index in [1.807, 2.05) is 6.92 Å². The van der Waals surface area contributed by atoms with E-state index in [0.717, 1.165) is 5.69 Å². The van der Waals surface area contributed by atoms with Crippen LogP contribution < -0.4 is 5.32 Å².